The average Bonchev–Trinajstić information content (AvgIpc) is 2.93. The number of benzene rings is 4. The number of phenolic OH excluding ortho intramolecular Hbond substituents is 1. The number of carbonyl (C=O) groups excluding carboxylic acids is 1. The van der Waals surface area contributed by atoms with Crippen molar-refractivity contribution < 1.29 is 9.90 Å². The van der Waals surface area contributed by atoms with Crippen LogP contribution in [0.2, 0.25) is 5.02 Å². The van der Waals surface area contributed by atoms with Crippen molar-refractivity contribution in [2.45, 2.75) is 38.5 Å². The van der Waals surface area contributed by atoms with Crippen LogP contribution in [0, 0.1) is 0 Å². The maximum Gasteiger partial charge on any atom is 0.240 e. The number of phenols is 1. The van der Waals surface area contributed by atoms with Gasteiger partial charge in [0.2, 0.25) is 5.91 Å². The maximum absolute atomic E-state index is 14.3. The van der Waals surface area contributed by atoms with Gasteiger partial charge in [-0.25, -0.2) is 0 Å². The van der Waals surface area contributed by atoms with Crippen LogP contribution in [0.1, 0.15) is 40.8 Å². The average molecular weight is 590 g/mol. The first-order valence-electron chi connectivity index (χ1n) is 12.8. The molecule has 1 aliphatic heterocycles. The number of hydrogen-bond donors (Lipinski definition) is 1. The highest BCUT2D eigenvalue weighted by Crippen LogP contribution is 2.39. The number of hydrogen-bond acceptors (Lipinski definition) is 3. The van der Waals surface area contributed by atoms with Gasteiger partial charge in [0.05, 0.1) is 12.1 Å². The van der Waals surface area contributed by atoms with Gasteiger partial charge in [-0.2, -0.15) is 0 Å². The van der Waals surface area contributed by atoms with Gasteiger partial charge in [-0.15, -0.1) is 0 Å². The Morgan fingerprint density at radius 2 is 1.66 bits per heavy atom. The Balaban J connectivity index is 1.50. The third-order valence-corrected chi connectivity index (χ3v) is 8.38. The summed E-state index contributed by atoms with van der Waals surface area (Å²) in [7, 11) is 0. The van der Waals surface area contributed by atoms with E-state index in [1.807, 2.05) is 48.2 Å². The highest BCUT2D eigenvalue weighted by atomic mass is 79.9. The molecule has 5 rings (SSSR count). The molecule has 0 aromatic heterocycles. The summed E-state index contributed by atoms with van der Waals surface area (Å²) in [5.41, 5.74) is 5.56. The molecule has 0 saturated carbocycles. The molecule has 0 fully saturated rings. The maximum atomic E-state index is 14.3. The smallest absolute Gasteiger partial charge is 0.240 e. The molecule has 1 amide bonds. The van der Waals surface area contributed by atoms with Gasteiger partial charge in [-0.05, 0) is 59.4 Å². The Morgan fingerprint density at radius 3 is 2.39 bits per heavy atom. The van der Waals surface area contributed by atoms with Crippen LogP contribution in [0.5, 0.6) is 5.75 Å². The second kappa shape index (κ2) is 11.7. The van der Waals surface area contributed by atoms with E-state index in [2.05, 4.69) is 63.3 Å². The molecule has 1 heterocycles. The first kappa shape index (κ1) is 26.5. The molecule has 2 unspecified atom stereocenters. The van der Waals surface area contributed by atoms with E-state index in [1.165, 1.54) is 17.2 Å². The second-order valence-corrected chi connectivity index (χ2v) is 11.0. The summed E-state index contributed by atoms with van der Waals surface area (Å²) < 4.78 is 1.03. The lowest BCUT2D eigenvalue weighted by Crippen LogP contribution is -2.50. The quantitative estimate of drug-likeness (QED) is 0.245. The lowest BCUT2D eigenvalue weighted by atomic mass is 9.87. The molecule has 0 bridgehead atoms. The minimum atomic E-state index is -0.375. The summed E-state index contributed by atoms with van der Waals surface area (Å²) in [6.07, 6.45) is 0.886. The van der Waals surface area contributed by atoms with E-state index in [4.69, 9.17) is 11.6 Å². The molecule has 38 heavy (non-hydrogen) atoms. The SMILES string of the molecule is CC(C(=O)N(Cc1ccccc1)Cc1ccc(O)cc1Cl)N1CCc2ccccc2C1c1ccccc1Br. The minimum absolute atomic E-state index is 0.0365. The number of fused-ring (bicyclic) bond motifs is 1. The summed E-state index contributed by atoms with van der Waals surface area (Å²) in [5, 5.41) is 10.3. The summed E-state index contributed by atoms with van der Waals surface area (Å²) in [6, 6.07) is 31.3. The Kier molecular flexibility index (Phi) is 8.18. The summed E-state index contributed by atoms with van der Waals surface area (Å²) >= 11 is 10.2. The van der Waals surface area contributed by atoms with Crippen LogP contribution in [-0.4, -0.2) is 33.4 Å². The number of nitrogens with zero attached hydrogens (tertiary/aromatic N) is 2. The molecule has 4 nitrogen and oxygen atoms in total. The van der Waals surface area contributed by atoms with Gasteiger partial charge >= 0.3 is 0 Å². The topological polar surface area (TPSA) is 43.8 Å². The van der Waals surface area contributed by atoms with Gasteiger partial charge in [-0.3, -0.25) is 9.69 Å². The van der Waals surface area contributed by atoms with Gasteiger partial charge < -0.3 is 10.0 Å². The molecule has 194 valence electrons. The van der Waals surface area contributed by atoms with Gasteiger partial charge in [0.15, 0.2) is 0 Å². The standard InChI is InChI=1S/C32H30BrClN2O2/c1-22(36-18-17-24-11-5-6-12-27(24)31(36)28-13-7-8-14-29(28)33)32(38)35(20-23-9-3-2-4-10-23)21-25-15-16-26(37)19-30(25)34/h2-16,19,22,31,37H,17-18,20-21H2,1H3. The van der Waals surface area contributed by atoms with Crippen molar-refractivity contribution in [3.63, 3.8) is 0 Å². The summed E-state index contributed by atoms with van der Waals surface area (Å²) in [5.74, 6) is 0.144. The lowest BCUT2D eigenvalue weighted by molar-refractivity contribution is -0.138. The van der Waals surface area contributed by atoms with Crippen LogP contribution in [0.4, 0.5) is 0 Å². The van der Waals surface area contributed by atoms with Crippen molar-refractivity contribution in [1.82, 2.24) is 9.80 Å². The first-order chi connectivity index (χ1) is 18.4. The molecule has 6 heteroatoms. The number of carbonyl (C=O) groups is 1. The van der Waals surface area contributed by atoms with E-state index in [1.54, 1.807) is 12.1 Å². The van der Waals surface area contributed by atoms with Crippen molar-refractivity contribution >= 4 is 33.4 Å². The third kappa shape index (κ3) is 5.65. The van der Waals surface area contributed by atoms with Crippen LogP contribution in [0.25, 0.3) is 0 Å². The Bertz CT molecular complexity index is 1430. The van der Waals surface area contributed by atoms with Crippen molar-refractivity contribution in [3.8, 4) is 5.75 Å². The van der Waals surface area contributed by atoms with Crippen molar-refractivity contribution in [2.75, 3.05) is 6.54 Å². The largest absolute Gasteiger partial charge is 0.508 e. The molecule has 2 atom stereocenters. The van der Waals surface area contributed by atoms with Crippen LogP contribution < -0.4 is 0 Å². The molecule has 4 aromatic rings. The van der Waals surface area contributed by atoms with E-state index in [9.17, 15) is 9.90 Å². The molecule has 0 radical (unpaired) electrons. The highest BCUT2D eigenvalue weighted by Gasteiger charge is 2.36. The highest BCUT2D eigenvalue weighted by molar-refractivity contribution is 9.10. The second-order valence-electron chi connectivity index (χ2n) is 9.74. The molecular weight excluding hydrogens is 560 g/mol. The molecule has 1 aliphatic rings. The van der Waals surface area contributed by atoms with Crippen molar-refractivity contribution in [1.29, 1.82) is 0 Å². The van der Waals surface area contributed by atoms with E-state index in [0.717, 1.165) is 34.1 Å². The monoisotopic (exact) mass is 588 g/mol. The molecular formula is C32H30BrClN2O2. The number of rotatable bonds is 7. The van der Waals surface area contributed by atoms with Gasteiger partial charge in [-0.1, -0.05) is 106 Å². The molecule has 0 aliphatic carbocycles. The molecule has 0 saturated heterocycles. The van der Waals surface area contributed by atoms with Crippen LogP contribution in [0.15, 0.2) is 102 Å². The minimum Gasteiger partial charge on any atom is -0.508 e. The normalized spacial score (nSPS) is 16.0. The van der Waals surface area contributed by atoms with Crippen LogP contribution in [-0.2, 0) is 24.3 Å². The van der Waals surface area contributed by atoms with Gasteiger partial charge in [0.25, 0.3) is 0 Å². The summed E-state index contributed by atoms with van der Waals surface area (Å²) in [6.45, 7) is 3.60. The predicted octanol–water partition coefficient (Wildman–Crippen LogP) is 7.37. The number of amides is 1. The fourth-order valence-corrected chi connectivity index (χ4v) is 6.07. The first-order valence-corrected chi connectivity index (χ1v) is 14.0. The van der Waals surface area contributed by atoms with Crippen molar-refractivity contribution in [3.05, 3.63) is 134 Å². The summed E-state index contributed by atoms with van der Waals surface area (Å²) in [4.78, 5) is 18.5. The van der Waals surface area contributed by atoms with Crippen LogP contribution in [0.3, 0.4) is 0 Å². The fraction of sp³-hybridized carbons (Fsp3) is 0.219. The van der Waals surface area contributed by atoms with Gasteiger partial charge in [0.1, 0.15) is 5.75 Å². The Labute approximate surface area is 237 Å². The van der Waals surface area contributed by atoms with E-state index in [-0.39, 0.29) is 23.7 Å². The molecule has 0 spiro atoms. The Hall–Kier alpha value is -3.12. The van der Waals surface area contributed by atoms with E-state index in [0.29, 0.717) is 18.1 Å². The van der Waals surface area contributed by atoms with Crippen molar-refractivity contribution in [2.24, 2.45) is 0 Å². The zero-order valence-corrected chi connectivity index (χ0v) is 23.6. The van der Waals surface area contributed by atoms with E-state index >= 15 is 0 Å². The zero-order chi connectivity index (χ0) is 26.6. The zero-order valence-electron chi connectivity index (χ0n) is 21.2. The Morgan fingerprint density at radius 1 is 0.974 bits per heavy atom. The fourth-order valence-electron chi connectivity index (χ4n) is 5.34. The third-order valence-electron chi connectivity index (χ3n) is 7.30. The van der Waals surface area contributed by atoms with Crippen LogP contribution >= 0.6 is 27.5 Å². The lowest BCUT2D eigenvalue weighted by Gasteiger charge is -2.42. The van der Waals surface area contributed by atoms with Gasteiger partial charge in [0, 0.05) is 29.1 Å². The predicted molar refractivity (Wildman–Crippen MR) is 156 cm³/mol. The molecule has 1 N–H and O–H groups in total. The molecule has 4 aromatic carbocycles. The van der Waals surface area contributed by atoms with E-state index < -0.39 is 0 Å². The number of halogens is 2. The number of aromatic hydroxyl groups is 1.